The third kappa shape index (κ3) is 6.84. The van der Waals surface area contributed by atoms with Gasteiger partial charge >= 0.3 is 0 Å². The van der Waals surface area contributed by atoms with Gasteiger partial charge in [-0.25, -0.2) is 0 Å². The van der Waals surface area contributed by atoms with Crippen LogP contribution < -0.4 is 0 Å². The molecule has 0 radical (unpaired) electrons. The number of aldehydes is 1. The van der Waals surface area contributed by atoms with Crippen LogP contribution in [0.5, 0.6) is 0 Å². The summed E-state index contributed by atoms with van der Waals surface area (Å²) >= 11 is 0. The summed E-state index contributed by atoms with van der Waals surface area (Å²) in [5, 5.41) is 0. The van der Waals surface area contributed by atoms with Crippen molar-refractivity contribution in [3.8, 4) is 0 Å². The number of methoxy groups -OCH3 is 1. The molecule has 2 heteroatoms. The highest BCUT2D eigenvalue weighted by Crippen LogP contribution is 2.13. The van der Waals surface area contributed by atoms with Crippen molar-refractivity contribution in [2.24, 2.45) is 5.92 Å². The number of carbonyl (C=O) groups excluding carboxylic acids is 1. The van der Waals surface area contributed by atoms with Gasteiger partial charge in [-0.3, -0.25) is 0 Å². The quantitative estimate of drug-likeness (QED) is 0.443. The van der Waals surface area contributed by atoms with E-state index in [1.165, 1.54) is 12.8 Å². The van der Waals surface area contributed by atoms with Crippen LogP contribution in [0.2, 0.25) is 0 Å². The number of rotatable bonds is 8. The Labute approximate surface area is 87.3 Å². The molecule has 0 amide bonds. The van der Waals surface area contributed by atoms with Crippen LogP contribution in [0.1, 0.15) is 39.5 Å². The lowest BCUT2D eigenvalue weighted by Crippen LogP contribution is -2.08. The van der Waals surface area contributed by atoms with E-state index in [4.69, 9.17) is 4.74 Å². The van der Waals surface area contributed by atoms with Crippen LogP contribution >= 0.6 is 0 Å². The van der Waals surface area contributed by atoms with Crippen LogP contribution in [0.4, 0.5) is 0 Å². The first-order chi connectivity index (χ1) is 6.74. The summed E-state index contributed by atoms with van der Waals surface area (Å²) < 4.78 is 5.29. The minimum Gasteiger partial charge on any atom is -0.377 e. The number of carbonyl (C=O) groups is 1. The minimum absolute atomic E-state index is 0.170. The maximum atomic E-state index is 10.1. The highest BCUT2D eigenvalue weighted by Gasteiger charge is 2.05. The first-order valence-electron chi connectivity index (χ1n) is 5.37. The van der Waals surface area contributed by atoms with Gasteiger partial charge in [0.2, 0.25) is 0 Å². The predicted octanol–water partition coefficient (Wildman–Crippen LogP) is 2.97. The molecule has 2 atom stereocenters. The van der Waals surface area contributed by atoms with Crippen molar-refractivity contribution in [1.29, 1.82) is 0 Å². The molecule has 0 saturated carbocycles. The molecule has 0 aliphatic carbocycles. The zero-order valence-corrected chi connectivity index (χ0v) is 9.53. The smallest absolute Gasteiger partial charge is 0.123 e. The Balaban J connectivity index is 3.72. The Hall–Kier alpha value is -0.630. The van der Waals surface area contributed by atoms with Gasteiger partial charge in [-0.2, -0.15) is 0 Å². The number of hydrogen-bond acceptors (Lipinski definition) is 2. The van der Waals surface area contributed by atoms with Crippen LogP contribution in [0.3, 0.4) is 0 Å². The molecule has 0 heterocycles. The van der Waals surface area contributed by atoms with Gasteiger partial charge < -0.3 is 9.53 Å². The average molecular weight is 198 g/mol. The molecule has 0 spiro atoms. The zero-order chi connectivity index (χ0) is 10.8. The first kappa shape index (κ1) is 13.4. The van der Waals surface area contributed by atoms with E-state index in [9.17, 15) is 4.79 Å². The Bertz CT molecular complexity index is 164. The van der Waals surface area contributed by atoms with Crippen molar-refractivity contribution in [3.05, 3.63) is 12.2 Å². The number of ether oxygens (including phenoxy) is 1. The van der Waals surface area contributed by atoms with Crippen molar-refractivity contribution in [2.45, 2.75) is 45.6 Å². The van der Waals surface area contributed by atoms with Crippen molar-refractivity contribution in [2.75, 3.05) is 7.11 Å². The fourth-order valence-corrected chi connectivity index (χ4v) is 1.23. The molecule has 0 aromatic carbocycles. The molecule has 0 aliphatic heterocycles. The lowest BCUT2D eigenvalue weighted by Gasteiger charge is -2.13. The Morgan fingerprint density at radius 2 is 2.07 bits per heavy atom. The van der Waals surface area contributed by atoms with Crippen molar-refractivity contribution >= 4 is 6.29 Å². The van der Waals surface area contributed by atoms with Gasteiger partial charge in [-0.15, -0.1) is 0 Å². The SMILES string of the molecule is CCC(C)CCC(/C=C/CC=O)OC. The van der Waals surface area contributed by atoms with E-state index in [0.717, 1.165) is 18.6 Å². The molecule has 14 heavy (non-hydrogen) atoms. The molecule has 2 nitrogen and oxygen atoms in total. The second-order valence-electron chi connectivity index (χ2n) is 3.70. The molecule has 0 N–H and O–H groups in total. The molecular formula is C12H22O2. The predicted molar refractivity (Wildman–Crippen MR) is 59.3 cm³/mol. The summed E-state index contributed by atoms with van der Waals surface area (Å²) in [6, 6.07) is 0. The summed E-state index contributed by atoms with van der Waals surface area (Å²) in [4.78, 5) is 10.1. The van der Waals surface area contributed by atoms with E-state index in [0.29, 0.717) is 6.42 Å². The monoisotopic (exact) mass is 198 g/mol. The van der Waals surface area contributed by atoms with Crippen molar-refractivity contribution < 1.29 is 9.53 Å². The molecule has 0 saturated heterocycles. The van der Waals surface area contributed by atoms with Crippen LogP contribution in [0.15, 0.2) is 12.2 Å². The second-order valence-corrected chi connectivity index (χ2v) is 3.70. The second kappa shape index (κ2) is 8.95. The Morgan fingerprint density at radius 3 is 2.57 bits per heavy atom. The number of hydrogen-bond donors (Lipinski definition) is 0. The summed E-state index contributed by atoms with van der Waals surface area (Å²) in [6.07, 6.45) is 8.86. The third-order valence-electron chi connectivity index (χ3n) is 2.53. The summed E-state index contributed by atoms with van der Waals surface area (Å²) in [7, 11) is 1.71. The standard InChI is InChI=1S/C12H22O2/c1-4-11(2)8-9-12(14-3)7-5-6-10-13/h5,7,10-12H,4,6,8-9H2,1-3H3/b7-5+. The van der Waals surface area contributed by atoms with Crippen LogP contribution in [-0.4, -0.2) is 19.5 Å². The summed E-state index contributed by atoms with van der Waals surface area (Å²) in [5.74, 6) is 0.757. The van der Waals surface area contributed by atoms with Crippen LogP contribution in [0.25, 0.3) is 0 Å². The van der Waals surface area contributed by atoms with E-state index in [-0.39, 0.29) is 6.10 Å². The van der Waals surface area contributed by atoms with Gasteiger partial charge in [0.15, 0.2) is 0 Å². The minimum atomic E-state index is 0.170. The highest BCUT2D eigenvalue weighted by atomic mass is 16.5. The van der Waals surface area contributed by atoms with E-state index in [1.54, 1.807) is 7.11 Å². The van der Waals surface area contributed by atoms with Gasteiger partial charge in [0, 0.05) is 13.5 Å². The molecule has 2 unspecified atom stereocenters. The van der Waals surface area contributed by atoms with Crippen molar-refractivity contribution in [3.63, 3.8) is 0 Å². The number of allylic oxidation sites excluding steroid dienone is 1. The molecule has 82 valence electrons. The van der Waals surface area contributed by atoms with E-state index < -0.39 is 0 Å². The maximum Gasteiger partial charge on any atom is 0.123 e. The van der Waals surface area contributed by atoms with Gasteiger partial charge in [-0.05, 0) is 18.8 Å². The normalized spacial score (nSPS) is 15.6. The molecular weight excluding hydrogens is 176 g/mol. The van der Waals surface area contributed by atoms with E-state index >= 15 is 0 Å². The molecule has 0 aliphatic rings. The highest BCUT2D eigenvalue weighted by molar-refractivity contribution is 5.51. The Kier molecular flexibility index (Phi) is 8.54. The molecule has 0 aromatic rings. The van der Waals surface area contributed by atoms with E-state index in [1.807, 2.05) is 12.2 Å². The fraction of sp³-hybridized carbons (Fsp3) is 0.750. The zero-order valence-electron chi connectivity index (χ0n) is 9.53. The molecule has 0 bridgehead atoms. The van der Waals surface area contributed by atoms with Crippen LogP contribution in [-0.2, 0) is 9.53 Å². The lowest BCUT2D eigenvalue weighted by molar-refractivity contribution is -0.107. The summed E-state index contributed by atoms with van der Waals surface area (Å²) in [6.45, 7) is 4.45. The fourth-order valence-electron chi connectivity index (χ4n) is 1.23. The first-order valence-corrected chi connectivity index (χ1v) is 5.37. The third-order valence-corrected chi connectivity index (χ3v) is 2.53. The largest absolute Gasteiger partial charge is 0.377 e. The topological polar surface area (TPSA) is 26.3 Å². The van der Waals surface area contributed by atoms with Crippen molar-refractivity contribution in [1.82, 2.24) is 0 Å². The van der Waals surface area contributed by atoms with Crippen LogP contribution in [0, 0.1) is 5.92 Å². The lowest BCUT2D eigenvalue weighted by atomic mass is 10.0. The maximum absolute atomic E-state index is 10.1. The molecule has 0 rings (SSSR count). The van der Waals surface area contributed by atoms with Gasteiger partial charge in [-0.1, -0.05) is 32.4 Å². The molecule has 0 fully saturated rings. The van der Waals surface area contributed by atoms with Gasteiger partial charge in [0.1, 0.15) is 6.29 Å². The summed E-state index contributed by atoms with van der Waals surface area (Å²) in [5.41, 5.74) is 0. The molecule has 0 aromatic heterocycles. The average Bonchev–Trinajstić information content (AvgIpc) is 2.22. The van der Waals surface area contributed by atoms with E-state index in [2.05, 4.69) is 13.8 Å². The van der Waals surface area contributed by atoms with Gasteiger partial charge in [0.05, 0.1) is 6.10 Å². The van der Waals surface area contributed by atoms with Gasteiger partial charge in [0.25, 0.3) is 0 Å². The Morgan fingerprint density at radius 1 is 1.36 bits per heavy atom.